The number of esters is 2. The number of halogens is 3. The number of rotatable bonds is 9. The van der Waals surface area contributed by atoms with Crippen LogP contribution in [0.4, 0.5) is 4.39 Å². The van der Waals surface area contributed by atoms with Gasteiger partial charge in [-0.2, -0.15) is 0 Å². The maximum Gasteiger partial charge on any atom is 0.351 e. The van der Waals surface area contributed by atoms with Gasteiger partial charge >= 0.3 is 11.9 Å². The molecule has 0 N–H and O–H groups in total. The van der Waals surface area contributed by atoms with Crippen molar-refractivity contribution in [3.05, 3.63) is 30.4 Å². The summed E-state index contributed by atoms with van der Waals surface area (Å²) in [5, 5.41) is 0.422. The Kier molecular flexibility index (Phi) is 8.72. The van der Waals surface area contributed by atoms with Crippen LogP contribution >= 0.6 is 54.5 Å². The zero-order valence-corrected chi connectivity index (χ0v) is 18.8. The Morgan fingerprint density at radius 1 is 1.04 bits per heavy atom. The van der Waals surface area contributed by atoms with Gasteiger partial charge in [-0.1, -0.05) is 6.08 Å². The summed E-state index contributed by atoms with van der Waals surface area (Å²) in [6.45, 7) is 2.37. The van der Waals surface area contributed by atoms with Crippen LogP contribution in [0.3, 0.4) is 0 Å². The zero-order valence-electron chi connectivity index (χ0n) is 14.0. The molecule has 0 aromatic carbocycles. The van der Waals surface area contributed by atoms with Crippen LogP contribution < -0.4 is 0 Å². The van der Waals surface area contributed by atoms with Gasteiger partial charge in [0, 0.05) is 6.08 Å². The van der Waals surface area contributed by atoms with Crippen molar-refractivity contribution in [2.24, 2.45) is 0 Å². The molecule has 0 saturated carbocycles. The van der Waals surface area contributed by atoms with Crippen molar-refractivity contribution in [2.45, 2.75) is 32.6 Å². The molecule has 2 aromatic rings. The maximum atomic E-state index is 14.4. The molecule has 2 heterocycles. The van der Waals surface area contributed by atoms with E-state index in [0.29, 0.717) is 26.9 Å². The van der Waals surface area contributed by atoms with E-state index in [2.05, 4.69) is 31.9 Å². The van der Waals surface area contributed by atoms with Gasteiger partial charge < -0.3 is 9.47 Å². The number of ether oxygens (including phenoxy) is 2. The fourth-order valence-corrected chi connectivity index (χ4v) is 6.62. The van der Waals surface area contributed by atoms with Crippen LogP contribution in [0.15, 0.2) is 19.7 Å². The fraction of sp³-hybridized carbons (Fsp3) is 0.412. The molecular weight excluding hydrogens is 511 g/mol. The second kappa shape index (κ2) is 10.5. The van der Waals surface area contributed by atoms with Gasteiger partial charge in [0.1, 0.15) is 4.88 Å². The summed E-state index contributed by atoms with van der Waals surface area (Å²) in [4.78, 5) is 23.2. The van der Waals surface area contributed by atoms with E-state index in [9.17, 15) is 14.0 Å². The van der Waals surface area contributed by atoms with Crippen LogP contribution in [0.5, 0.6) is 0 Å². The molecule has 0 aliphatic rings. The molecule has 0 bridgehead atoms. The summed E-state index contributed by atoms with van der Waals surface area (Å²) in [5.41, 5.74) is 0. The number of fused-ring (bicyclic) bond motifs is 1. The summed E-state index contributed by atoms with van der Waals surface area (Å²) < 4.78 is 26.7. The zero-order chi connectivity index (χ0) is 19.1. The van der Waals surface area contributed by atoms with E-state index >= 15 is 0 Å². The Morgan fingerprint density at radius 2 is 1.69 bits per heavy atom. The van der Waals surface area contributed by atoms with Gasteiger partial charge in [-0.3, -0.25) is 0 Å². The molecular formula is C17H17Br2FO4S2. The van der Waals surface area contributed by atoms with Gasteiger partial charge in [-0.15, -0.1) is 22.7 Å². The minimum Gasteiger partial charge on any atom is -0.463 e. The third-order valence-electron chi connectivity index (χ3n) is 3.41. The van der Waals surface area contributed by atoms with Crippen molar-refractivity contribution in [3.63, 3.8) is 0 Å². The van der Waals surface area contributed by atoms with Gasteiger partial charge in [0.2, 0.25) is 0 Å². The van der Waals surface area contributed by atoms with Crippen LogP contribution in [0, 0.1) is 5.82 Å². The second-order valence-electron chi connectivity index (χ2n) is 5.32. The van der Waals surface area contributed by atoms with Crippen molar-refractivity contribution >= 4 is 76.6 Å². The molecule has 2 rings (SSSR count). The summed E-state index contributed by atoms with van der Waals surface area (Å²) in [6, 6.07) is 0. The van der Waals surface area contributed by atoms with E-state index < -0.39 is 11.8 Å². The van der Waals surface area contributed by atoms with E-state index in [1.807, 2.05) is 0 Å². The van der Waals surface area contributed by atoms with Crippen LogP contribution in [-0.4, -0.2) is 25.2 Å². The lowest BCUT2D eigenvalue weighted by Crippen LogP contribution is -2.06. The van der Waals surface area contributed by atoms with Crippen molar-refractivity contribution in [1.29, 1.82) is 0 Å². The van der Waals surface area contributed by atoms with Gasteiger partial charge in [0.25, 0.3) is 0 Å². The molecule has 0 aliphatic heterocycles. The average Bonchev–Trinajstić information content (AvgIpc) is 3.08. The van der Waals surface area contributed by atoms with Gasteiger partial charge in [-0.25, -0.2) is 14.0 Å². The van der Waals surface area contributed by atoms with E-state index in [4.69, 9.17) is 9.47 Å². The van der Waals surface area contributed by atoms with Crippen molar-refractivity contribution < 1.29 is 23.5 Å². The number of hydrogen-bond donors (Lipinski definition) is 0. The highest BCUT2D eigenvalue weighted by atomic mass is 79.9. The molecule has 0 unspecified atom stereocenters. The molecule has 0 saturated heterocycles. The van der Waals surface area contributed by atoms with E-state index in [1.165, 1.54) is 17.4 Å². The second-order valence-corrected chi connectivity index (χ2v) is 9.99. The quantitative estimate of drug-likeness (QED) is 0.213. The summed E-state index contributed by atoms with van der Waals surface area (Å²) in [6.07, 6.45) is 6.16. The van der Waals surface area contributed by atoms with Crippen LogP contribution in [0.2, 0.25) is 0 Å². The Morgan fingerprint density at radius 3 is 2.31 bits per heavy atom. The topological polar surface area (TPSA) is 52.6 Å². The molecule has 26 heavy (non-hydrogen) atoms. The molecule has 0 aliphatic carbocycles. The lowest BCUT2D eigenvalue weighted by Gasteiger charge is -2.04. The monoisotopic (exact) mass is 526 g/mol. The largest absolute Gasteiger partial charge is 0.463 e. The third kappa shape index (κ3) is 5.61. The van der Waals surface area contributed by atoms with Crippen LogP contribution in [-0.2, 0) is 14.3 Å². The predicted octanol–water partition coefficient (Wildman–Crippen LogP) is 6.46. The molecule has 0 fully saturated rings. The highest BCUT2D eigenvalue weighted by molar-refractivity contribution is 9.12. The van der Waals surface area contributed by atoms with Crippen LogP contribution in [0.25, 0.3) is 10.1 Å². The lowest BCUT2D eigenvalue weighted by atomic mass is 10.2. The Labute approximate surface area is 175 Å². The number of carbonyl (C=O) groups excluding carboxylic acids is 2. The molecule has 4 nitrogen and oxygen atoms in total. The van der Waals surface area contributed by atoms with Crippen LogP contribution in [0.1, 0.15) is 42.3 Å². The molecule has 2 aromatic heterocycles. The molecule has 0 amide bonds. The first-order valence-electron chi connectivity index (χ1n) is 7.98. The molecule has 0 atom stereocenters. The molecule has 0 spiro atoms. The molecule has 9 heteroatoms. The Balaban J connectivity index is 1.69. The predicted molar refractivity (Wildman–Crippen MR) is 110 cm³/mol. The standard InChI is InChI=1S/C17H17Br2FO4S2/c1-2-7-10(21)23-8-5-3-4-6-9-24-17(22)14-12(20)11-13(25-14)16(19)26-15(11)18/h2,7H,3-6,8-9H2,1H3. The maximum absolute atomic E-state index is 14.4. The number of unbranched alkanes of at least 4 members (excludes halogenated alkanes) is 3. The van der Waals surface area contributed by atoms with E-state index in [1.54, 1.807) is 13.0 Å². The first-order chi connectivity index (χ1) is 12.5. The minimum atomic E-state index is -0.632. The smallest absolute Gasteiger partial charge is 0.351 e. The highest BCUT2D eigenvalue weighted by Crippen LogP contribution is 2.45. The SMILES string of the molecule is CC=CC(=O)OCCCCCCOC(=O)c1sc2c(Br)sc(Br)c2c1F. The van der Waals surface area contributed by atoms with Crippen molar-refractivity contribution in [1.82, 2.24) is 0 Å². The van der Waals surface area contributed by atoms with Gasteiger partial charge in [-0.05, 0) is 64.5 Å². The summed E-state index contributed by atoms with van der Waals surface area (Å²) in [7, 11) is 0. The summed E-state index contributed by atoms with van der Waals surface area (Å²) >= 11 is 9.15. The number of hydrogen-bond acceptors (Lipinski definition) is 6. The third-order valence-corrected chi connectivity index (χ3v) is 7.49. The first-order valence-corrected chi connectivity index (χ1v) is 11.2. The average molecular weight is 528 g/mol. The molecule has 0 radical (unpaired) electrons. The summed E-state index contributed by atoms with van der Waals surface area (Å²) in [5.74, 6) is -1.50. The van der Waals surface area contributed by atoms with E-state index in [0.717, 1.165) is 34.4 Å². The Hall–Kier alpha value is -0.770. The highest BCUT2D eigenvalue weighted by Gasteiger charge is 2.24. The number of allylic oxidation sites excluding steroid dienone is 1. The van der Waals surface area contributed by atoms with Gasteiger partial charge in [0.15, 0.2) is 5.82 Å². The minimum absolute atomic E-state index is 0.0000845. The van der Waals surface area contributed by atoms with Gasteiger partial charge in [0.05, 0.1) is 30.9 Å². The van der Waals surface area contributed by atoms with Crippen molar-refractivity contribution in [3.8, 4) is 0 Å². The van der Waals surface area contributed by atoms with Crippen molar-refractivity contribution in [2.75, 3.05) is 13.2 Å². The first kappa shape index (κ1) is 21.5. The number of carbonyl (C=O) groups is 2. The fourth-order valence-electron chi connectivity index (χ4n) is 2.18. The number of thiophene rings is 2. The molecule has 142 valence electrons. The normalized spacial score (nSPS) is 11.4. The Bertz CT molecular complexity index is 813. The lowest BCUT2D eigenvalue weighted by molar-refractivity contribution is -0.137. The van der Waals surface area contributed by atoms with E-state index in [-0.39, 0.29) is 17.5 Å².